The van der Waals surface area contributed by atoms with Crippen LogP contribution in [0.2, 0.25) is 0 Å². The van der Waals surface area contributed by atoms with Crippen LogP contribution in [-0.4, -0.2) is 0 Å². The molecule has 8 rings (SSSR count). The highest BCUT2D eigenvalue weighted by Gasteiger charge is 2.42. The maximum atomic E-state index is 2.44. The van der Waals surface area contributed by atoms with E-state index in [-0.39, 0.29) is 5.41 Å². The predicted octanol–water partition coefficient (Wildman–Crippen LogP) is 13.3. The monoisotopic (exact) mass is 646 g/mol. The summed E-state index contributed by atoms with van der Waals surface area (Å²) in [6.07, 6.45) is 3.02. The molecule has 2 heteroatoms. The van der Waals surface area contributed by atoms with Gasteiger partial charge in [-0.05, 0) is 114 Å². The van der Waals surface area contributed by atoms with Gasteiger partial charge in [0.05, 0.1) is 5.69 Å². The molecular formula is C48H42N2. The number of anilines is 6. The summed E-state index contributed by atoms with van der Waals surface area (Å²) in [5.41, 5.74) is 15.2. The van der Waals surface area contributed by atoms with Crippen molar-refractivity contribution >= 4 is 34.1 Å². The van der Waals surface area contributed by atoms with Crippen molar-refractivity contribution in [1.29, 1.82) is 0 Å². The average Bonchev–Trinajstić information content (AvgIpc) is 3.48. The summed E-state index contributed by atoms with van der Waals surface area (Å²) in [4.78, 5) is 4.75. The zero-order valence-electron chi connectivity index (χ0n) is 28.8. The second-order valence-electron chi connectivity index (χ2n) is 13.2. The molecule has 0 aliphatic heterocycles. The fourth-order valence-electron chi connectivity index (χ4n) is 8.05. The molecule has 0 aromatic heterocycles. The number of nitrogens with zero attached hydrogens (tertiary/aromatic N) is 2. The lowest BCUT2D eigenvalue weighted by atomic mass is 9.74. The average molecular weight is 647 g/mol. The van der Waals surface area contributed by atoms with Crippen LogP contribution in [0.4, 0.5) is 34.1 Å². The summed E-state index contributed by atoms with van der Waals surface area (Å²) in [6.45, 7) is 4.68. The van der Waals surface area contributed by atoms with Gasteiger partial charge in [0.15, 0.2) is 0 Å². The molecule has 7 aromatic rings. The van der Waals surface area contributed by atoms with Gasteiger partial charge in [-0.2, -0.15) is 0 Å². The Morgan fingerprint density at radius 1 is 0.380 bits per heavy atom. The van der Waals surface area contributed by atoms with Crippen LogP contribution in [0.3, 0.4) is 0 Å². The first-order valence-electron chi connectivity index (χ1n) is 17.9. The molecule has 0 atom stereocenters. The van der Waals surface area contributed by atoms with Gasteiger partial charge in [-0.3, -0.25) is 0 Å². The second kappa shape index (κ2) is 13.6. The number of rotatable bonds is 10. The van der Waals surface area contributed by atoms with Gasteiger partial charge in [0.2, 0.25) is 0 Å². The van der Waals surface area contributed by atoms with Crippen LogP contribution >= 0.6 is 0 Å². The number of hydrogen-bond donors (Lipinski definition) is 0. The van der Waals surface area contributed by atoms with Gasteiger partial charge in [-0.1, -0.05) is 129 Å². The largest absolute Gasteiger partial charge is 0.311 e. The summed E-state index contributed by atoms with van der Waals surface area (Å²) in [7, 11) is 0. The number of para-hydroxylation sites is 3. The highest BCUT2D eigenvalue weighted by Crippen LogP contribution is 2.56. The van der Waals surface area contributed by atoms with E-state index in [0.29, 0.717) is 0 Å². The van der Waals surface area contributed by atoms with Crippen LogP contribution in [0.1, 0.15) is 48.9 Å². The summed E-state index contributed by atoms with van der Waals surface area (Å²) in [5, 5.41) is 0. The molecule has 0 saturated carbocycles. The van der Waals surface area contributed by atoms with Crippen molar-refractivity contribution in [3.8, 4) is 11.1 Å². The lowest BCUT2D eigenvalue weighted by molar-refractivity contribution is 0.490. The third-order valence-electron chi connectivity index (χ3n) is 10.6. The van der Waals surface area contributed by atoms with Crippen LogP contribution in [-0.2, 0) is 11.8 Å². The van der Waals surface area contributed by atoms with E-state index < -0.39 is 0 Å². The van der Waals surface area contributed by atoms with E-state index in [1.807, 2.05) is 0 Å². The van der Waals surface area contributed by atoms with Crippen LogP contribution < -0.4 is 9.80 Å². The molecule has 7 aromatic carbocycles. The summed E-state index contributed by atoms with van der Waals surface area (Å²) < 4.78 is 0. The molecule has 244 valence electrons. The molecule has 2 nitrogen and oxygen atoms in total. The van der Waals surface area contributed by atoms with Crippen molar-refractivity contribution in [3.63, 3.8) is 0 Å². The quantitative estimate of drug-likeness (QED) is 0.146. The normalized spacial score (nSPS) is 12.6. The van der Waals surface area contributed by atoms with Crippen molar-refractivity contribution in [2.24, 2.45) is 0 Å². The molecule has 0 N–H and O–H groups in total. The molecule has 1 aliphatic rings. The van der Waals surface area contributed by atoms with E-state index >= 15 is 0 Å². The van der Waals surface area contributed by atoms with E-state index in [1.54, 1.807) is 0 Å². The Bertz CT molecular complexity index is 2140. The SMILES string of the molecule is CCC1(CC)c2ccccc2-c2c(N(c3ccccc3)c3ccc(Cc4ccc(N(c5ccccc5)c5ccccc5)cc4)cc3)cccc21. The van der Waals surface area contributed by atoms with Crippen molar-refractivity contribution in [2.45, 2.75) is 38.5 Å². The maximum absolute atomic E-state index is 2.44. The number of fused-ring (bicyclic) bond motifs is 3. The van der Waals surface area contributed by atoms with E-state index in [0.717, 1.165) is 47.7 Å². The van der Waals surface area contributed by atoms with Gasteiger partial charge >= 0.3 is 0 Å². The van der Waals surface area contributed by atoms with E-state index in [2.05, 4.69) is 206 Å². The minimum Gasteiger partial charge on any atom is -0.311 e. The first-order valence-corrected chi connectivity index (χ1v) is 17.9. The minimum atomic E-state index is 0.0307. The third-order valence-corrected chi connectivity index (χ3v) is 10.6. The van der Waals surface area contributed by atoms with Crippen LogP contribution in [0, 0.1) is 0 Å². The smallest absolute Gasteiger partial charge is 0.0543 e. The van der Waals surface area contributed by atoms with Gasteiger partial charge in [0, 0.05) is 39.4 Å². The van der Waals surface area contributed by atoms with Gasteiger partial charge in [-0.25, -0.2) is 0 Å². The summed E-state index contributed by atoms with van der Waals surface area (Å²) in [6, 6.07) is 66.1. The topological polar surface area (TPSA) is 6.48 Å². The Morgan fingerprint density at radius 3 is 1.32 bits per heavy atom. The first-order chi connectivity index (χ1) is 24.7. The van der Waals surface area contributed by atoms with Gasteiger partial charge in [0.25, 0.3) is 0 Å². The Morgan fingerprint density at radius 2 is 0.800 bits per heavy atom. The molecule has 0 unspecified atom stereocenters. The molecule has 0 saturated heterocycles. The summed E-state index contributed by atoms with van der Waals surface area (Å²) >= 11 is 0. The Kier molecular flexibility index (Phi) is 8.52. The van der Waals surface area contributed by atoms with Crippen LogP contribution in [0.25, 0.3) is 11.1 Å². The third kappa shape index (κ3) is 5.57. The fraction of sp³-hybridized carbons (Fsp3) is 0.125. The molecule has 0 bridgehead atoms. The molecule has 0 spiro atoms. The first kappa shape index (κ1) is 31.4. The van der Waals surface area contributed by atoms with E-state index in [1.165, 1.54) is 39.1 Å². The zero-order chi connectivity index (χ0) is 33.9. The Balaban J connectivity index is 1.12. The van der Waals surface area contributed by atoms with Crippen molar-refractivity contribution in [2.75, 3.05) is 9.80 Å². The second-order valence-corrected chi connectivity index (χ2v) is 13.2. The zero-order valence-corrected chi connectivity index (χ0v) is 28.8. The highest BCUT2D eigenvalue weighted by atomic mass is 15.1. The number of benzene rings is 7. The lowest BCUT2D eigenvalue weighted by Gasteiger charge is -2.31. The molecule has 0 fully saturated rings. The van der Waals surface area contributed by atoms with Crippen molar-refractivity contribution in [1.82, 2.24) is 0 Å². The molecule has 50 heavy (non-hydrogen) atoms. The molecule has 1 aliphatic carbocycles. The maximum Gasteiger partial charge on any atom is 0.0543 e. The van der Waals surface area contributed by atoms with Gasteiger partial charge in [-0.15, -0.1) is 0 Å². The molecule has 0 radical (unpaired) electrons. The summed E-state index contributed by atoms with van der Waals surface area (Å²) in [5.74, 6) is 0. The van der Waals surface area contributed by atoms with Crippen LogP contribution in [0.15, 0.2) is 182 Å². The standard InChI is InChI=1S/C48H42N2/c1-3-48(4-2)44-24-15-14-23-43(44)47-45(48)25-16-26-46(47)50(40-21-12-7-13-22-40)42-33-29-37(30-34-42)35-36-27-31-41(32-28-36)49(38-17-8-5-9-18-38)39-19-10-6-11-20-39/h5-34H,3-4,35H2,1-2H3. The molecule has 0 amide bonds. The van der Waals surface area contributed by atoms with Gasteiger partial charge in [0.1, 0.15) is 0 Å². The van der Waals surface area contributed by atoms with Crippen molar-refractivity contribution < 1.29 is 0 Å². The lowest BCUT2D eigenvalue weighted by Crippen LogP contribution is -2.23. The predicted molar refractivity (Wildman–Crippen MR) is 212 cm³/mol. The fourth-order valence-corrected chi connectivity index (χ4v) is 8.05. The number of hydrogen-bond acceptors (Lipinski definition) is 2. The van der Waals surface area contributed by atoms with Crippen molar-refractivity contribution in [3.05, 3.63) is 204 Å². The Labute approximate surface area is 296 Å². The van der Waals surface area contributed by atoms with Crippen LogP contribution in [0.5, 0.6) is 0 Å². The highest BCUT2D eigenvalue weighted by molar-refractivity contribution is 5.95. The van der Waals surface area contributed by atoms with Gasteiger partial charge < -0.3 is 9.80 Å². The molecule has 0 heterocycles. The minimum absolute atomic E-state index is 0.0307. The van der Waals surface area contributed by atoms with E-state index in [9.17, 15) is 0 Å². The molecular weight excluding hydrogens is 605 g/mol. The van der Waals surface area contributed by atoms with E-state index in [4.69, 9.17) is 0 Å². The Hall–Kier alpha value is -5.86.